The van der Waals surface area contributed by atoms with E-state index in [1.165, 1.54) is 23.4 Å². The van der Waals surface area contributed by atoms with Crippen LogP contribution in [-0.4, -0.2) is 37.8 Å². The highest BCUT2D eigenvalue weighted by molar-refractivity contribution is 5.70. The Kier molecular flexibility index (Phi) is 3.55. The molecule has 1 fully saturated rings. The number of aliphatic carboxylic acids is 1. The summed E-state index contributed by atoms with van der Waals surface area (Å²) in [7, 11) is 2.15. The van der Waals surface area contributed by atoms with Gasteiger partial charge < -0.3 is 14.9 Å². The maximum atomic E-state index is 11.0. The van der Waals surface area contributed by atoms with E-state index in [1.54, 1.807) is 0 Å². The molecular formula is C16H22N2O2. The number of hydrogen-bond donors (Lipinski definition) is 1. The zero-order valence-electron chi connectivity index (χ0n) is 12.0. The fourth-order valence-corrected chi connectivity index (χ4v) is 3.35. The van der Waals surface area contributed by atoms with Crippen LogP contribution in [0.4, 0.5) is 11.4 Å². The number of anilines is 2. The number of carbonyl (C=O) groups is 1. The van der Waals surface area contributed by atoms with Crippen LogP contribution in [0.5, 0.6) is 0 Å². The predicted molar refractivity (Wildman–Crippen MR) is 80.6 cm³/mol. The largest absolute Gasteiger partial charge is 0.481 e. The lowest BCUT2D eigenvalue weighted by molar-refractivity contribution is -0.142. The van der Waals surface area contributed by atoms with Crippen LogP contribution in [-0.2, 0) is 11.2 Å². The first-order chi connectivity index (χ1) is 9.65. The van der Waals surface area contributed by atoms with Gasteiger partial charge in [0.1, 0.15) is 0 Å². The Morgan fingerprint density at radius 3 is 2.70 bits per heavy atom. The smallest absolute Gasteiger partial charge is 0.306 e. The Morgan fingerprint density at radius 1 is 1.25 bits per heavy atom. The highest BCUT2D eigenvalue weighted by Crippen LogP contribution is 2.31. The zero-order chi connectivity index (χ0) is 14.1. The molecule has 2 heterocycles. The monoisotopic (exact) mass is 274 g/mol. The van der Waals surface area contributed by atoms with E-state index in [2.05, 4.69) is 35.0 Å². The van der Waals surface area contributed by atoms with Crippen molar-refractivity contribution in [3.05, 3.63) is 23.8 Å². The summed E-state index contributed by atoms with van der Waals surface area (Å²) in [6.45, 7) is 2.84. The van der Waals surface area contributed by atoms with Crippen molar-refractivity contribution >= 4 is 17.3 Å². The molecule has 0 atom stereocenters. The SMILES string of the molecule is CN1CCCc2cc(N3CCC(C(=O)O)CC3)ccc21. The van der Waals surface area contributed by atoms with Gasteiger partial charge in [-0.2, -0.15) is 0 Å². The van der Waals surface area contributed by atoms with Crippen LogP contribution in [0.15, 0.2) is 18.2 Å². The van der Waals surface area contributed by atoms with Crippen molar-refractivity contribution in [1.29, 1.82) is 0 Å². The van der Waals surface area contributed by atoms with Crippen molar-refractivity contribution in [3.8, 4) is 0 Å². The van der Waals surface area contributed by atoms with Crippen molar-refractivity contribution in [1.82, 2.24) is 0 Å². The van der Waals surface area contributed by atoms with Gasteiger partial charge in [-0.1, -0.05) is 0 Å². The highest BCUT2D eigenvalue weighted by atomic mass is 16.4. The van der Waals surface area contributed by atoms with Crippen molar-refractivity contribution in [2.75, 3.05) is 36.5 Å². The zero-order valence-corrected chi connectivity index (χ0v) is 12.0. The third kappa shape index (κ3) is 2.47. The van der Waals surface area contributed by atoms with E-state index < -0.39 is 5.97 Å². The Hall–Kier alpha value is -1.71. The number of aryl methyl sites for hydroxylation is 1. The van der Waals surface area contributed by atoms with Crippen LogP contribution in [0.25, 0.3) is 0 Å². The van der Waals surface area contributed by atoms with Gasteiger partial charge in [-0.25, -0.2) is 0 Å². The van der Waals surface area contributed by atoms with Gasteiger partial charge in [0.2, 0.25) is 0 Å². The molecule has 108 valence electrons. The van der Waals surface area contributed by atoms with Crippen LogP contribution in [0, 0.1) is 5.92 Å². The molecule has 1 aromatic rings. The Labute approximate surface area is 120 Å². The Morgan fingerprint density at radius 2 is 2.00 bits per heavy atom. The summed E-state index contributed by atoms with van der Waals surface area (Å²) >= 11 is 0. The van der Waals surface area contributed by atoms with Crippen LogP contribution in [0.3, 0.4) is 0 Å². The number of carboxylic acid groups (broad SMARTS) is 1. The molecule has 0 aromatic heterocycles. The minimum absolute atomic E-state index is 0.157. The lowest BCUT2D eigenvalue weighted by Crippen LogP contribution is -2.36. The Balaban J connectivity index is 1.74. The molecule has 0 radical (unpaired) electrons. The van der Waals surface area contributed by atoms with Crippen LogP contribution < -0.4 is 9.80 Å². The molecule has 2 aliphatic rings. The van der Waals surface area contributed by atoms with Gasteiger partial charge in [-0.05, 0) is 49.4 Å². The minimum Gasteiger partial charge on any atom is -0.481 e. The molecule has 0 amide bonds. The summed E-state index contributed by atoms with van der Waals surface area (Å²) in [4.78, 5) is 15.6. The van der Waals surface area contributed by atoms with E-state index in [4.69, 9.17) is 5.11 Å². The minimum atomic E-state index is -0.642. The summed E-state index contributed by atoms with van der Waals surface area (Å²) < 4.78 is 0. The second kappa shape index (κ2) is 5.35. The standard InChI is InChI=1S/C16H22N2O2/c1-17-8-2-3-13-11-14(4-5-15(13)17)18-9-6-12(7-10-18)16(19)20/h4-5,11-12H,2-3,6-10H2,1H3,(H,19,20). The number of nitrogens with zero attached hydrogens (tertiary/aromatic N) is 2. The second-order valence-corrected chi connectivity index (χ2v) is 5.94. The quantitative estimate of drug-likeness (QED) is 0.899. The van der Waals surface area contributed by atoms with E-state index in [0.29, 0.717) is 0 Å². The molecule has 4 heteroatoms. The lowest BCUT2D eigenvalue weighted by atomic mass is 9.95. The summed E-state index contributed by atoms with van der Waals surface area (Å²) in [5, 5.41) is 9.06. The third-order valence-corrected chi connectivity index (χ3v) is 4.62. The fourth-order valence-electron chi connectivity index (χ4n) is 3.35. The van der Waals surface area contributed by atoms with Crippen molar-refractivity contribution in [3.63, 3.8) is 0 Å². The molecule has 0 unspecified atom stereocenters. The highest BCUT2D eigenvalue weighted by Gasteiger charge is 2.25. The van der Waals surface area contributed by atoms with Gasteiger partial charge in [0.25, 0.3) is 0 Å². The molecule has 0 aliphatic carbocycles. The van der Waals surface area contributed by atoms with Crippen LogP contribution in [0.1, 0.15) is 24.8 Å². The molecule has 0 saturated carbocycles. The molecule has 3 rings (SSSR count). The average Bonchev–Trinajstić information content (AvgIpc) is 2.47. The summed E-state index contributed by atoms with van der Waals surface area (Å²) in [5.74, 6) is -0.799. The normalized spacial score (nSPS) is 19.9. The fraction of sp³-hybridized carbons (Fsp3) is 0.562. The van der Waals surface area contributed by atoms with Gasteiger partial charge in [0, 0.05) is 38.1 Å². The molecule has 4 nitrogen and oxygen atoms in total. The molecule has 0 spiro atoms. The maximum Gasteiger partial charge on any atom is 0.306 e. The van der Waals surface area contributed by atoms with Crippen LogP contribution in [0.2, 0.25) is 0 Å². The van der Waals surface area contributed by atoms with Gasteiger partial charge in [0.05, 0.1) is 5.92 Å². The molecular weight excluding hydrogens is 252 g/mol. The summed E-state index contributed by atoms with van der Waals surface area (Å²) in [6.07, 6.45) is 3.88. The third-order valence-electron chi connectivity index (χ3n) is 4.62. The number of fused-ring (bicyclic) bond motifs is 1. The number of piperidine rings is 1. The van der Waals surface area contributed by atoms with Crippen molar-refractivity contribution in [2.24, 2.45) is 5.92 Å². The molecule has 1 N–H and O–H groups in total. The first kappa shape index (κ1) is 13.3. The topological polar surface area (TPSA) is 43.8 Å². The van der Waals surface area contributed by atoms with Crippen LogP contribution >= 0.6 is 0 Å². The predicted octanol–water partition coefficient (Wildman–Crippen LogP) is 2.37. The van der Waals surface area contributed by atoms with Gasteiger partial charge >= 0.3 is 5.97 Å². The van der Waals surface area contributed by atoms with Gasteiger partial charge in [-0.15, -0.1) is 0 Å². The number of benzene rings is 1. The molecule has 0 bridgehead atoms. The number of carboxylic acids is 1. The molecule has 1 saturated heterocycles. The van der Waals surface area contributed by atoms with Crippen molar-refractivity contribution < 1.29 is 9.90 Å². The Bertz CT molecular complexity index is 507. The van der Waals surface area contributed by atoms with E-state index >= 15 is 0 Å². The first-order valence-corrected chi connectivity index (χ1v) is 7.47. The maximum absolute atomic E-state index is 11.0. The first-order valence-electron chi connectivity index (χ1n) is 7.47. The van der Waals surface area contributed by atoms with E-state index in [-0.39, 0.29) is 5.92 Å². The number of hydrogen-bond acceptors (Lipinski definition) is 3. The molecule has 2 aliphatic heterocycles. The van der Waals surface area contributed by atoms with E-state index in [1.807, 2.05) is 0 Å². The summed E-state index contributed by atoms with van der Waals surface area (Å²) in [5.41, 5.74) is 4.03. The average molecular weight is 274 g/mol. The van der Waals surface area contributed by atoms with Crippen molar-refractivity contribution in [2.45, 2.75) is 25.7 Å². The second-order valence-electron chi connectivity index (χ2n) is 5.94. The van der Waals surface area contributed by atoms with E-state index in [9.17, 15) is 4.79 Å². The molecule has 20 heavy (non-hydrogen) atoms. The summed E-state index contributed by atoms with van der Waals surface area (Å²) in [6, 6.07) is 6.70. The van der Waals surface area contributed by atoms with Gasteiger partial charge in [-0.3, -0.25) is 4.79 Å². The van der Waals surface area contributed by atoms with E-state index in [0.717, 1.165) is 38.9 Å². The lowest BCUT2D eigenvalue weighted by Gasteiger charge is -2.34. The van der Waals surface area contributed by atoms with Gasteiger partial charge in [0.15, 0.2) is 0 Å². The number of rotatable bonds is 2. The molecule has 1 aromatic carbocycles.